The SMILES string of the molecule is CCNC(=O)N1Cc2[nH]nc(N3C=CC=CC3)c2C1. The Balaban J connectivity index is 1.77. The van der Waals surface area contributed by atoms with E-state index < -0.39 is 0 Å². The Hall–Kier alpha value is -2.24. The highest BCUT2D eigenvalue weighted by molar-refractivity contribution is 5.75. The third-order valence-electron chi connectivity index (χ3n) is 3.33. The van der Waals surface area contributed by atoms with Gasteiger partial charge in [-0.25, -0.2) is 4.79 Å². The van der Waals surface area contributed by atoms with Gasteiger partial charge in [-0.05, 0) is 13.0 Å². The molecule has 3 rings (SSSR count). The number of H-pyrrole nitrogens is 1. The van der Waals surface area contributed by atoms with E-state index in [0.717, 1.165) is 23.6 Å². The Morgan fingerprint density at radius 2 is 2.37 bits per heavy atom. The normalized spacial score (nSPS) is 16.9. The van der Waals surface area contributed by atoms with Crippen molar-refractivity contribution < 1.29 is 4.79 Å². The molecule has 0 saturated heterocycles. The molecule has 0 atom stereocenters. The Labute approximate surface area is 111 Å². The average molecular weight is 259 g/mol. The topological polar surface area (TPSA) is 64.3 Å². The van der Waals surface area contributed by atoms with Crippen molar-refractivity contribution in [3.63, 3.8) is 0 Å². The molecule has 2 N–H and O–H groups in total. The summed E-state index contributed by atoms with van der Waals surface area (Å²) in [6, 6.07) is -0.0212. The second kappa shape index (κ2) is 4.79. The number of aromatic amines is 1. The van der Waals surface area contributed by atoms with E-state index in [9.17, 15) is 4.79 Å². The first kappa shape index (κ1) is 11.8. The largest absolute Gasteiger partial charge is 0.338 e. The third kappa shape index (κ3) is 2.09. The summed E-state index contributed by atoms with van der Waals surface area (Å²) in [5.41, 5.74) is 2.15. The molecule has 1 aromatic rings. The van der Waals surface area contributed by atoms with Gasteiger partial charge in [0.2, 0.25) is 0 Å². The lowest BCUT2D eigenvalue weighted by atomic mass is 10.2. The highest BCUT2D eigenvalue weighted by atomic mass is 16.2. The van der Waals surface area contributed by atoms with Crippen LogP contribution in [0, 0.1) is 0 Å². The molecule has 6 nitrogen and oxygen atoms in total. The molecule has 19 heavy (non-hydrogen) atoms. The zero-order valence-electron chi connectivity index (χ0n) is 10.9. The number of nitrogens with one attached hydrogen (secondary N) is 2. The minimum absolute atomic E-state index is 0.0212. The first-order valence-corrected chi connectivity index (χ1v) is 6.48. The molecule has 1 aromatic heterocycles. The van der Waals surface area contributed by atoms with Crippen LogP contribution in [0.3, 0.4) is 0 Å². The Kier molecular flexibility index (Phi) is 2.98. The molecule has 0 spiro atoms. The number of amides is 2. The molecule has 0 aromatic carbocycles. The van der Waals surface area contributed by atoms with E-state index >= 15 is 0 Å². The fraction of sp³-hybridized carbons (Fsp3) is 0.385. The fourth-order valence-electron chi connectivity index (χ4n) is 2.39. The smallest absolute Gasteiger partial charge is 0.318 e. The average Bonchev–Trinajstić information content (AvgIpc) is 2.99. The number of hydrogen-bond acceptors (Lipinski definition) is 3. The summed E-state index contributed by atoms with van der Waals surface area (Å²) in [6.07, 6.45) is 8.09. The number of carbonyl (C=O) groups excluding carboxylic acids is 1. The summed E-state index contributed by atoms with van der Waals surface area (Å²) in [4.78, 5) is 15.7. The van der Waals surface area contributed by atoms with Gasteiger partial charge in [-0.2, -0.15) is 5.10 Å². The van der Waals surface area contributed by atoms with Crippen molar-refractivity contribution in [2.24, 2.45) is 0 Å². The molecule has 0 fully saturated rings. The summed E-state index contributed by atoms with van der Waals surface area (Å²) < 4.78 is 0. The predicted octanol–water partition coefficient (Wildman–Crippen LogP) is 1.34. The molecule has 6 heteroatoms. The number of hydrogen-bond donors (Lipinski definition) is 2. The quantitative estimate of drug-likeness (QED) is 0.842. The molecule has 2 aliphatic rings. The van der Waals surface area contributed by atoms with Gasteiger partial charge in [0.25, 0.3) is 0 Å². The predicted molar refractivity (Wildman–Crippen MR) is 72.5 cm³/mol. The van der Waals surface area contributed by atoms with Gasteiger partial charge in [0.05, 0.1) is 18.8 Å². The van der Waals surface area contributed by atoms with Crippen molar-refractivity contribution in [3.8, 4) is 0 Å². The Morgan fingerprint density at radius 1 is 1.47 bits per heavy atom. The van der Waals surface area contributed by atoms with Gasteiger partial charge in [0.15, 0.2) is 5.82 Å². The van der Waals surface area contributed by atoms with Crippen LogP contribution in [0.25, 0.3) is 0 Å². The maximum atomic E-state index is 11.8. The Morgan fingerprint density at radius 3 is 3.11 bits per heavy atom. The molecule has 100 valence electrons. The lowest BCUT2D eigenvalue weighted by Gasteiger charge is -2.20. The van der Waals surface area contributed by atoms with Gasteiger partial charge in [0.1, 0.15) is 0 Å². The van der Waals surface area contributed by atoms with Gasteiger partial charge in [-0.1, -0.05) is 12.2 Å². The van der Waals surface area contributed by atoms with E-state index in [1.165, 1.54) is 0 Å². The van der Waals surface area contributed by atoms with Gasteiger partial charge >= 0.3 is 6.03 Å². The van der Waals surface area contributed by atoms with Crippen molar-refractivity contribution >= 4 is 11.8 Å². The van der Waals surface area contributed by atoms with Crippen molar-refractivity contribution in [1.29, 1.82) is 0 Å². The van der Waals surface area contributed by atoms with E-state index in [-0.39, 0.29) is 6.03 Å². The van der Waals surface area contributed by atoms with Crippen LogP contribution >= 0.6 is 0 Å². The first-order chi connectivity index (χ1) is 9.29. The summed E-state index contributed by atoms with van der Waals surface area (Å²) >= 11 is 0. The molecule has 2 amide bonds. The minimum Gasteiger partial charge on any atom is -0.338 e. The van der Waals surface area contributed by atoms with E-state index in [1.54, 1.807) is 4.90 Å². The van der Waals surface area contributed by atoms with Crippen molar-refractivity contribution in [3.05, 3.63) is 35.7 Å². The summed E-state index contributed by atoms with van der Waals surface area (Å²) in [5, 5.41) is 10.2. The lowest BCUT2D eigenvalue weighted by Crippen LogP contribution is -2.36. The van der Waals surface area contributed by atoms with Gasteiger partial charge in [0, 0.05) is 24.9 Å². The monoisotopic (exact) mass is 259 g/mol. The second-order valence-electron chi connectivity index (χ2n) is 4.62. The van der Waals surface area contributed by atoms with Gasteiger partial charge < -0.3 is 15.1 Å². The molecule has 0 saturated carbocycles. The van der Waals surface area contributed by atoms with Crippen LogP contribution in [-0.4, -0.2) is 34.2 Å². The van der Waals surface area contributed by atoms with Crippen LogP contribution in [-0.2, 0) is 13.1 Å². The number of aromatic nitrogens is 2. The first-order valence-electron chi connectivity index (χ1n) is 6.48. The number of anilines is 1. The number of carbonyl (C=O) groups is 1. The van der Waals surface area contributed by atoms with Crippen LogP contribution in [0.5, 0.6) is 0 Å². The Bertz CT molecular complexity index is 545. The molecule has 2 aliphatic heterocycles. The van der Waals surface area contributed by atoms with Crippen LogP contribution in [0.15, 0.2) is 24.4 Å². The van der Waals surface area contributed by atoms with Crippen molar-refractivity contribution in [2.45, 2.75) is 20.0 Å². The third-order valence-corrected chi connectivity index (χ3v) is 3.33. The van der Waals surface area contributed by atoms with Crippen LogP contribution in [0.4, 0.5) is 10.6 Å². The summed E-state index contributed by atoms with van der Waals surface area (Å²) in [5.74, 6) is 0.919. The van der Waals surface area contributed by atoms with E-state index in [4.69, 9.17) is 0 Å². The minimum atomic E-state index is -0.0212. The fourth-order valence-corrected chi connectivity index (χ4v) is 2.39. The summed E-state index contributed by atoms with van der Waals surface area (Å²) in [7, 11) is 0. The molecular weight excluding hydrogens is 242 g/mol. The summed E-state index contributed by atoms with van der Waals surface area (Å²) in [6.45, 7) is 4.59. The highest BCUT2D eigenvalue weighted by Gasteiger charge is 2.29. The van der Waals surface area contributed by atoms with E-state index in [2.05, 4.69) is 26.5 Å². The van der Waals surface area contributed by atoms with E-state index in [1.807, 2.05) is 25.3 Å². The van der Waals surface area contributed by atoms with Crippen LogP contribution < -0.4 is 10.2 Å². The number of nitrogens with zero attached hydrogens (tertiary/aromatic N) is 3. The molecular formula is C13H17N5O. The maximum absolute atomic E-state index is 11.8. The lowest BCUT2D eigenvalue weighted by molar-refractivity contribution is 0.198. The van der Waals surface area contributed by atoms with Crippen LogP contribution in [0.2, 0.25) is 0 Å². The number of rotatable bonds is 2. The van der Waals surface area contributed by atoms with Crippen molar-refractivity contribution in [1.82, 2.24) is 20.4 Å². The zero-order chi connectivity index (χ0) is 13.2. The molecule has 0 unspecified atom stereocenters. The maximum Gasteiger partial charge on any atom is 0.318 e. The van der Waals surface area contributed by atoms with E-state index in [0.29, 0.717) is 19.6 Å². The number of fused-ring (bicyclic) bond motifs is 1. The standard InChI is InChI=1S/C13H17N5O/c1-2-14-13(19)18-8-10-11(9-18)15-16-12(10)17-6-4-3-5-7-17/h3-6H,2,7-9H2,1H3,(H,14,19)(H,15,16). The molecule has 0 bridgehead atoms. The highest BCUT2D eigenvalue weighted by Crippen LogP contribution is 2.30. The molecule has 0 radical (unpaired) electrons. The van der Waals surface area contributed by atoms with Crippen LogP contribution in [0.1, 0.15) is 18.2 Å². The van der Waals surface area contributed by atoms with Crippen molar-refractivity contribution in [2.75, 3.05) is 18.0 Å². The van der Waals surface area contributed by atoms with Gasteiger partial charge in [-0.15, -0.1) is 0 Å². The number of allylic oxidation sites excluding steroid dienone is 2. The second-order valence-corrected chi connectivity index (χ2v) is 4.62. The zero-order valence-corrected chi connectivity index (χ0v) is 10.9. The van der Waals surface area contributed by atoms with Gasteiger partial charge in [-0.3, -0.25) is 5.10 Å². The molecule has 0 aliphatic carbocycles. The molecule has 3 heterocycles. The number of urea groups is 1.